The van der Waals surface area contributed by atoms with Crippen LogP contribution in [-0.4, -0.2) is 13.5 Å². The Morgan fingerprint density at radius 3 is 2.22 bits per heavy atom. The van der Waals surface area contributed by atoms with E-state index in [0.29, 0.717) is 0 Å². The number of halogens is 5. The first-order chi connectivity index (χ1) is 15.0. The van der Waals surface area contributed by atoms with Crippen LogP contribution in [0, 0.1) is 0 Å². The molecule has 3 aromatic rings. The second kappa shape index (κ2) is 9.53. The summed E-state index contributed by atoms with van der Waals surface area (Å²) in [6, 6.07) is 14.8. The van der Waals surface area contributed by atoms with Gasteiger partial charge in [-0.1, -0.05) is 41.4 Å². The van der Waals surface area contributed by atoms with Gasteiger partial charge in [0.15, 0.2) is 5.11 Å². The Labute approximate surface area is 197 Å². The summed E-state index contributed by atoms with van der Waals surface area (Å²) in [6.07, 6.45) is -4.55. The van der Waals surface area contributed by atoms with Crippen molar-refractivity contribution < 1.29 is 21.6 Å². The van der Waals surface area contributed by atoms with Gasteiger partial charge in [-0.3, -0.25) is 4.72 Å². The van der Waals surface area contributed by atoms with Gasteiger partial charge in [0.25, 0.3) is 10.0 Å². The van der Waals surface area contributed by atoms with Gasteiger partial charge < -0.3 is 10.6 Å². The zero-order valence-corrected chi connectivity index (χ0v) is 19.0. The zero-order valence-electron chi connectivity index (χ0n) is 15.9. The summed E-state index contributed by atoms with van der Waals surface area (Å²) in [4.78, 5) is -0.0812. The molecule has 0 aliphatic carbocycles. The molecule has 0 aliphatic rings. The molecule has 0 fully saturated rings. The standard InChI is InChI=1S/C20H14Cl2F3N3O2S2/c21-15-6-1-2-7-17(15)28-32(29,30)14-5-3-4-13(11-14)26-19(31)27-18-10-12(20(23,24)25)8-9-16(18)22/h1-11,28H,(H2,26,27,31). The minimum atomic E-state index is -4.55. The lowest BCUT2D eigenvalue weighted by Crippen LogP contribution is -2.20. The van der Waals surface area contributed by atoms with E-state index in [-0.39, 0.29) is 37.1 Å². The molecule has 3 N–H and O–H groups in total. The molecular weight excluding hydrogens is 506 g/mol. The predicted molar refractivity (Wildman–Crippen MR) is 125 cm³/mol. The maximum atomic E-state index is 12.9. The van der Waals surface area contributed by atoms with Crippen LogP contribution in [0.25, 0.3) is 0 Å². The second-order valence-corrected chi connectivity index (χ2v) is 9.29. The fraction of sp³-hybridized carbons (Fsp3) is 0.0500. The summed E-state index contributed by atoms with van der Waals surface area (Å²) in [6.45, 7) is 0. The number of para-hydroxylation sites is 1. The maximum Gasteiger partial charge on any atom is 0.416 e. The van der Waals surface area contributed by atoms with Crippen LogP contribution in [0.5, 0.6) is 0 Å². The molecule has 0 radical (unpaired) electrons. The Hall–Kier alpha value is -2.53. The number of thiocarbonyl (C=S) groups is 1. The SMILES string of the molecule is O=S(=O)(Nc1ccccc1Cl)c1cccc(NC(=S)Nc2cc(C(F)(F)F)ccc2Cl)c1. The lowest BCUT2D eigenvalue weighted by Gasteiger charge is -2.15. The number of rotatable bonds is 5. The molecule has 0 saturated heterocycles. The van der Waals surface area contributed by atoms with Crippen LogP contribution in [0.4, 0.5) is 30.2 Å². The normalized spacial score (nSPS) is 11.7. The highest BCUT2D eigenvalue weighted by Crippen LogP contribution is 2.34. The highest BCUT2D eigenvalue weighted by molar-refractivity contribution is 7.92. The van der Waals surface area contributed by atoms with E-state index in [4.69, 9.17) is 35.4 Å². The minimum absolute atomic E-state index is 0.0300. The van der Waals surface area contributed by atoms with Crippen molar-refractivity contribution in [2.24, 2.45) is 0 Å². The molecule has 3 rings (SSSR count). The third-order valence-electron chi connectivity index (χ3n) is 4.06. The molecule has 0 saturated carbocycles. The predicted octanol–water partition coefficient (Wildman–Crippen LogP) is 6.62. The molecule has 12 heteroatoms. The van der Waals surface area contributed by atoms with Crippen molar-refractivity contribution in [3.63, 3.8) is 0 Å². The molecule has 0 atom stereocenters. The number of sulfonamides is 1. The highest BCUT2D eigenvalue weighted by Gasteiger charge is 2.31. The monoisotopic (exact) mass is 519 g/mol. The van der Waals surface area contributed by atoms with Crippen LogP contribution in [0.15, 0.2) is 71.6 Å². The first-order valence-electron chi connectivity index (χ1n) is 8.78. The van der Waals surface area contributed by atoms with Crippen molar-refractivity contribution in [3.8, 4) is 0 Å². The molecule has 32 heavy (non-hydrogen) atoms. The Balaban J connectivity index is 1.76. The van der Waals surface area contributed by atoms with E-state index in [0.717, 1.165) is 18.2 Å². The van der Waals surface area contributed by atoms with Crippen LogP contribution in [-0.2, 0) is 16.2 Å². The Kier molecular flexibility index (Phi) is 7.19. The van der Waals surface area contributed by atoms with Crippen molar-refractivity contribution in [2.75, 3.05) is 15.4 Å². The van der Waals surface area contributed by atoms with Crippen molar-refractivity contribution in [1.29, 1.82) is 0 Å². The molecule has 5 nitrogen and oxygen atoms in total. The highest BCUT2D eigenvalue weighted by atomic mass is 35.5. The summed E-state index contributed by atoms with van der Waals surface area (Å²) in [5.41, 5.74) is -0.453. The number of benzene rings is 3. The molecule has 0 bridgehead atoms. The molecular formula is C20H14Cl2F3N3O2S2. The van der Waals surface area contributed by atoms with Crippen molar-refractivity contribution in [2.45, 2.75) is 11.1 Å². The lowest BCUT2D eigenvalue weighted by molar-refractivity contribution is -0.137. The number of hydrogen-bond acceptors (Lipinski definition) is 3. The number of anilines is 3. The molecule has 0 unspecified atom stereocenters. The average molecular weight is 520 g/mol. The van der Waals surface area contributed by atoms with Gasteiger partial charge in [-0.05, 0) is 60.7 Å². The molecule has 0 aliphatic heterocycles. The minimum Gasteiger partial charge on any atom is -0.332 e. The lowest BCUT2D eigenvalue weighted by atomic mass is 10.2. The fourth-order valence-electron chi connectivity index (χ4n) is 2.57. The second-order valence-electron chi connectivity index (χ2n) is 6.38. The van der Waals surface area contributed by atoms with Crippen LogP contribution in [0.2, 0.25) is 10.0 Å². The third kappa shape index (κ3) is 6.04. The van der Waals surface area contributed by atoms with Crippen LogP contribution >= 0.6 is 35.4 Å². The Morgan fingerprint density at radius 2 is 1.53 bits per heavy atom. The van der Waals surface area contributed by atoms with E-state index in [1.165, 1.54) is 30.3 Å². The molecule has 0 spiro atoms. The largest absolute Gasteiger partial charge is 0.416 e. The topological polar surface area (TPSA) is 70.2 Å². The van der Waals surface area contributed by atoms with Gasteiger partial charge in [-0.15, -0.1) is 0 Å². The maximum absolute atomic E-state index is 12.9. The van der Waals surface area contributed by atoms with Crippen LogP contribution in [0.3, 0.4) is 0 Å². The molecule has 0 amide bonds. The number of nitrogens with one attached hydrogen (secondary N) is 3. The van der Waals surface area contributed by atoms with E-state index in [2.05, 4.69) is 15.4 Å². The van der Waals surface area contributed by atoms with Gasteiger partial charge in [0, 0.05) is 5.69 Å². The third-order valence-corrected chi connectivity index (χ3v) is 6.29. The molecule has 3 aromatic carbocycles. The van der Waals surface area contributed by atoms with Gasteiger partial charge in [-0.25, -0.2) is 8.42 Å². The summed E-state index contributed by atoms with van der Waals surface area (Å²) in [5.74, 6) is 0. The molecule has 0 aromatic heterocycles. The summed E-state index contributed by atoms with van der Waals surface area (Å²) < 4.78 is 66.6. The van der Waals surface area contributed by atoms with Gasteiger partial charge in [0.2, 0.25) is 0 Å². The Bertz CT molecular complexity index is 1270. The molecule has 0 heterocycles. The average Bonchev–Trinajstić information content (AvgIpc) is 2.70. The van der Waals surface area contributed by atoms with Crippen molar-refractivity contribution >= 4 is 67.6 Å². The summed E-state index contributed by atoms with van der Waals surface area (Å²) in [5, 5.41) is 5.49. The van der Waals surface area contributed by atoms with Gasteiger partial charge >= 0.3 is 6.18 Å². The van der Waals surface area contributed by atoms with E-state index in [9.17, 15) is 21.6 Å². The van der Waals surface area contributed by atoms with Crippen molar-refractivity contribution in [3.05, 3.63) is 82.3 Å². The first-order valence-corrected chi connectivity index (χ1v) is 11.4. The van der Waals surface area contributed by atoms with E-state index in [1.54, 1.807) is 18.2 Å². The summed E-state index contributed by atoms with van der Waals surface area (Å²) >= 11 is 17.1. The zero-order chi connectivity index (χ0) is 23.5. The first kappa shape index (κ1) is 24.1. The van der Waals surface area contributed by atoms with E-state index in [1.807, 2.05) is 0 Å². The number of alkyl halides is 3. The smallest absolute Gasteiger partial charge is 0.332 e. The summed E-state index contributed by atoms with van der Waals surface area (Å²) in [7, 11) is -3.97. The van der Waals surface area contributed by atoms with Gasteiger partial charge in [-0.2, -0.15) is 13.2 Å². The van der Waals surface area contributed by atoms with Gasteiger partial charge in [0.1, 0.15) is 0 Å². The van der Waals surface area contributed by atoms with E-state index >= 15 is 0 Å². The quantitative estimate of drug-likeness (QED) is 0.330. The van der Waals surface area contributed by atoms with E-state index < -0.39 is 21.8 Å². The van der Waals surface area contributed by atoms with Crippen LogP contribution in [0.1, 0.15) is 5.56 Å². The Morgan fingerprint density at radius 1 is 0.844 bits per heavy atom. The fourth-order valence-corrected chi connectivity index (χ4v) is 4.33. The number of hydrogen-bond donors (Lipinski definition) is 3. The molecule has 168 valence electrons. The van der Waals surface area contributed by atoms with Crippen LogP contribution < -0.4 is 15.4 Å². The van der Waals surface area contributed by atoms with Gasteiger partial charge in [0.05, 0.1) is 31.9 Å². The van der Waals surface area contributed by atoms with Crippen molar-refractivity contribution in [1.82, 2.24) is 0 Å².